The van der Waals surface area contributed by atoms with E-state index in [1.165, 1.54) is 17.4 Å². The third-order valence-electron chi connectivity index (χ3n) is 6.55. The average Bonchev–Trinajstić information content (AvgIpc) is 2.82. The number of aryl methyl sites for hydroxylation is 1. The smallest absolute Gasteiger partial charge is 0.244 e. The monoisotopic (exact) mass is 533 g/mol. The molecule has 7 nitrogen and oxygen atoms in total. The van der Waals surface area contributed by atoms with Crippen molar-refractivity contribution in [3.8, 4) is 0 Å². The van der Waals surface area contributed by atoms with Crippen molar-refractivity contribution < 1.29 is 18.0 Å². The highest BCUT2D eigenvalue weighted by molar-refractivity contribution is 7.92. The molecule has 0 aliphatic heterocycles. The molecule has 1 aliphatic carbocycles. The number of anilines is 1. The van der Waals surface area contributed by atoms with Crippen LogP contribution in [0.3, 0.4) is 0 Å². The summed E-state index contributed by atoms with van der Waals surface area (Å²) >= 11 is 6.10. The zero-order valence-corrected chi connectivity index (χ0v) is 22.8. The van der Waals surface area contributed by atoms with Gasteiger partial charge in [0.25, 0.3) is 0 Å². The SMILES string of the molecule is CCC(C(=O)NC1CCCCC1)N(Cc1cccc(C)c1)C(=O)CN(c1cccc(Cl)c1)S(C)(=O)=O. The van der Waals surface area contributed by atoms with Gasteiger partial charge in [-0.2, -0.15) is 0 Å². The molecule has 2 aromatic carbocycles. The average molecular weight is 534 g/mol. The second-order valence-corrected chi connectivity index (χ2v) is 11.9. The van der Waals surface area contributed by atoms with Gasteiger partial charge in [-0.3, -0.25) is 13.9 Å². The Morgan fingerprint density at radius 2 is 1.78 bits per heavy atom. The molecule has 0 radical (unpaired) electrons. The summed E-state index contributed by atoms with van der Waals surface area (Å²) in [5.41, 5.74) is 2.21. The normalized spacial score (nSPS) is 15.2. The van der Waals surface area contributed by atoms with Crippen molar-refractivity contribution in [1.82, 2.24) is 10.2 Å². The Hall–Kier alpha value is -2.58. The Labute approximate surface area is 219 Å². The van der Waals surface area contributed by atoms with Gasteiger partial charge < -0.3 is 10.2 Å². The predicted octanol–water partition coefficient (Wildman–Crippen LogP) is 4.67. The Morgan fingerprint density at radius 1 is 1.08 bits per heavy atom. The number of amides is 2. The van der Waals surface area contributed by atoms with Crippen LogP contribution in [-0.2, 0) is 26.2 Å². The Morgan fingerprint density at radius 3 is 2.39 bits per heavy atom. The number of hydrogen-bond donors (Lipinski definition) is 1. The van der Waals surface area contributed by atoms with E-state index < -0.39 is 28.5 Å². The van der Waals surface area contributed by atoms with Gasteiger partial charge in [0.2, 0.25) is 21.8 Å². The highest BCUT2D eigenvalue weighted by Crippen LogP contribution is 2.23. The van der Waals surface area contributed by atoms with Crippen molar-refractivity contribution in [3.63, 3.8) is 0 Å². The van der Waals surface area contributed by atoms with Gasteiger partial charge in [0.15, 0.2) is 0 Å². The number of carbonyl (C=O) groups is 2. The Bertz CT molecular complexity index is 1170. The molecule has 1 aliphatic rings. The lowest BCUT2D eigenvalue weighted by Gasteiger charge is -2.34. The molecule has 1 unspecified atom stereocenters. The van der Waals surface area contributed by atoms with Crippen LogP contribution in [-0.4, -0.2) is 50.0 Å². The van der Waals surface area contributed by atoms with E-state index in [0.29, 0.717) is 17.1 Å². The van der Waals surface area contributed by atoms with Crippen LogP contribution in [0.5, 0.6) is 0 Å². The van der Waals surface area contributed by atoms with E-state index >= 15 is 0 Å². The molecule has 1 saturated carbocycles. The lowest BCUT2D eigenvalue weighted by atomic mass is 9.95. The summed E-state index contributed by atoms with van der Waals surface area (Å²) < 4.78 is 26.4. The maximum Gasteiger partial charge on any atom is 0.244 e. The number of rotatable bonds is 10. The van der Waals surface area contributed by atoms with Crippen molar-refractivity contribution in [1.29, 1.82) is 0 Å². The van der Waals surface area contributed by atoms with E-state index in [-0.39, 0.29) is 18.5 Å². The molecule has 36 heavy (non-hydrogen) atoms. The predicted molar refractivity (Wildman–Crippen MR) is 144 cm³/mol. The van der Waals surface area contributed by atoms with Crippen molar-refractivity contribution in [2.24, 2.45) is 0 Å². The number of nitrogens with zero attached hydrogens (tertiary/aromatic N) is 2. The molecular formula is C27H36ClN3O4S. The van der Waals surface area contributed by atoms with Crippen LogP contribution in [0.2, 0.25) is 5.02 Å². The highest BCUT2D eigenvalue weighted by Gasteiger charge is 2.32. The van der Waals surface area contributed by atoms with Crippen LogP contribution in [0.1, 0.15) is 56.6 Å². The first-order valence-electron chi connectivity index (χ1n) is 12.5. The molecule has 1 atom stereocenters. The molecule has 9 heteroatoms. The first kappa shape index (κ1) is 28.0. The van der Waals surface area contributed by atoms with Crippen LogP contribution < -0.4 is 9.62 Å². The number of hydrogen-bond acceptors (Lipinski definition) is 4. The second kappa shape index (κ2) is 12.6. The minimum Gasteiger partial charge on any atom is -0.352 e. The lowest BCUT2D eigenvalue weighted by molar-refractivity contribution is -0.140. The van der Waals surface area contributed by atoms with E-state index in [2.05, 4.69) is 5.32 Å². The third-order valence-corrected chi connectivity index (χ3v) is 7.92. The summed E-state index contributed by atoms with van der Waals surface area (Å²) in [5, 5.41) is 3.51. The molecule has 0 heterocycles. The van der Waals surface area contributed by atoms with E-state index in [9.17, 15) is 18.0 Å². The van der Waals surface area contributed by atoms with E-state index in [1.807, 2.05) is 38.1 Å². The minimum absolute atomic E-state index is 0.107. The van der Waals surface area contributed by atoms with E-state index in [4.69, 9.17) is 11.6 Å². The minimum atomic E-state index is -3.79. The second-order valence-electron chi connectivity index (χ2n) is 9.53. The van der Waals surface area contributed by atoms with Gasteiger partial charge in [0.1, 0.15) is 12.6 Å². The van der Waals surface area contributed by atoms with Crippen molar-refractivity contribution in [3.05, 3.63) is 64.7 Å². The maximum absolute atomic E-state index is 13.8. The fraction of sp³-hybridized carbons (Fsp3) is 0.481. The van der Waals surface area contributed by atoms with Gasteiger partial charge in [-0.25, -0.2) is 8.42 Å². The summed E-state index contributed by atoms with van der Waals surface area (Å²) in [6.07, 6.45) is 6.67. The summed E-state index contributed by atoms with van der Waals surface area (Å²) in [4.78, 5) is 28.6. The van der Waals surface area contributed by atoms with Gasteiger partial charge in [-0.05, 0) is 49.9 Å². The van der Waals surface area contributed by atoms with Gasteiger partial charge >= 0.3 is 0 Å². The molecular weight excluding hydrogens is 498 g/mol. The summed E-state index contributed by atoms with van der Waals surface area (Å²) in [6, 6.07) is 13.5. The van der Waals surface area contributed by atoms with Crippen LogP contribution in [0.15, 0.2) is 48.5 Å². The van der Waals surface area contributed by atoms with Crippen LogP contribution in [0.25, 0.3) is 0 Å². The zero-order chi connectivity index (χ0) is 26.3. The lowest BCUT2D eigenvalue weighted by Crippen LogP contribution is -2.53. The summed E-state index contributed by atoms with van der Waals surface area (Å²) in [6.45, 7) is 3.60. The molecule has 0 bridgehead atoms. The number of benzene rings is 2. The molecule has 2 aromatic rings. The van der Waals surface area contributed by atoms with Crippen LogP contribution in [0, 0.1) is 6.92 Å². The number of nitrogens with one attached hydrogen (secondary N) is 1. The van der Waals surface area contributed by atoms with Crippen LogP contribution in [0.4, 0.5) is 5.69 Å². The summed E-state index contributed by atoms with van der Waals surface area (Å²) in [7, 11) is -3.79. The van der Waals surface area contributed by atoms with Crippen LogP contribution >= 0.6 is 11.6 Å². The Balaban J connectivity index is 1.91. The van der Waals surface area contributed by atoms with Gasteiger partial charge in [-0.1, -0.05) is 73.7 Å². The molecule has 2 amide bonds. The van der Waals surface area contributed by atoms with Crippen molar-refractivity contribution in [2.45, 2.75) is 71.0 Å². The molecule has 1 fully saturated rings. The van der Waals surface area contributed by atoms with E-state index in [1.54, 1.807) is 18.2 Å². The molecule has 1 N–H and O–H groups in total. The fourth-order valence-electron chi connectivity index (χ4n) is 4.72. The zero-order valence-electron chi connectivity index (χ0n) is 21.2. The Kier molecular flexibility index (Phi) is 9.79. The molecule has 0 saturated heterocycles. The van der Waals surface area contributed by atoms with Gasteiger partial charge in [-0.15, -0.1) is 0 Å². The third kappa shape index (κ3) is 7.71. The molecule has 196 valence electrons. The number of carbonyl (C=O) groups excluding carboxylic acids is 2. The summed E-state index contributed by atoms with van der Waals surface area (Å²) in [5.74, 6) is -0.647. The standard InChI is InChI=1S/C27H36ClN3O4S/c1-4-25(27(33)29-23-13-6-5-7-14-23)30(18-21-11-8-10-20(2)16-21)26(32)19-31(36(3,34)35)24-15-9-12-22(28)17-24/h8-12,15-17,23,25H,4-7,13-14,18-19H2,1-3H3,(H,29,33). The van der Waals surface area contributed by atoms with Gasteiger partial charge in [0.05, 0.1) is 11.9 Å². The number of sulfonamides is 1. The molecule has 0 spiro atoms. The fourth-order valence-corrected chi connectivity index (χ4v) is 5.74. The topological polar surface area (TPSA) is 86.8 Å². The number of halogens is 1. The first-order chi connectivity index (χ1) is 17.1. The van der Waals surface area contributed by atoms with Gasteiger partial charge in [0, 0.05) is 17.6 Å². The molecule has 0 aromatic heterocycles. The maximum atomic E-state index is 13.8. The quantitative estimate of drug-likeness (QED) is 0.481. The largest absolute Gasteiger partial charge is 0.352 e. The van der Waals surface area contributed by atoms with E-state index in [0.717, 1.165) is 47.4 Å². The molecule has 3 rings (SSSR count). The highest BCUT2D eigenvalue weighted by atomic mass is 35.5. The first-order valence-corrected chi connectivity index (χ1v) is 14.7. The van der Waals surface area contributed by atoms with Crippen molar-refractivity contribution >= 4 is 39.1 Å². The van der Waals surface area contributed by atoms with Crippen molar-refractivity contribution in [2.75, 3.05) is 17.1 Å².